The van der Waals surface area contributed by atoms with E-state index in [0.29, 0.717) is 11.7 Å². The summed E-state index contributed by atoms with van der Waals surface area (Å²) in [6, 6.07) is 0.183. The lowest BCUT2D eigenvalue weighted by Crippen LogP contribution is -2.34. The Morgan fingerprint density at radius 3 is 2.56 bits per heavy atom. The summed E-state index contributed by atoms with van der Waals surface area (Å²) in [6.07, 6.45) is 7.31. The summed E-state index contributed by atoms with van der Waals surface area (Å²) < 4.78 is 0. The van der Waals surface area contributed by atoms with Crippen molar-refractivity contribution in [3.63, 3.8) is 0 Å². The van der Waals surface area contributed by atoms with Crippen LogP contribution in [0.5, 0.6) is 0 Å². The second kappa shape index (κ2) is 7.68. The number of hydrogen-bond donors (Lipinski definition) is 1. The highest BCUT2D eigenvalue weighted by Gasteiger charge is 2.26. The van der Waals surface area contributed by atoms with Gasteiger partial charge < -0.3 is 15.5 Å². The molecule has 1 aliphatic heterocycles. The molecule has 25 heavy (non-hydrogen) atoms. The third-order valence-corrected chi connectivity index (χ3v) is 5.68. The minimum atomic E-state index is -0.0709. The Morgan fingerprint density at radius 1 is 1.20 bits per heavy atom. The summed E-state index contributed by atoms with van der Waals surface area (Å²) in [6.45, 7) is 6.47. The molecule has 3 rings (SSSR count). The van der Waals surface area contributed by atoms with Gasteiger partial charge in [-0.25, -0.2) is 9.97 Å². The molecular formula is C19H31N5O. The van der Waals surface area contributed by atoms with E-state index in [1.165, 1.54) is 32.1 Å². The molecule has 1 aliphatic carbocycles. The van der Waals surface area contributed by atoms with Gasteiger partial charge in [0.25, 0.3) is 5.91 Å². The van der Waals surface area contributed by atoms with E-state index >= 15 is 0 Å². The Hall–Kier alpha value is -1.69. The molecule has 2 N–H and O–H groups in total. The van der Waals surface area contributed by atoms with Crippen LogP contribution in [0.25, 0.3) is 0 Å². The largest absolute Gasteiger partial charge is 0.355 e. The zero-order chi connectivity index (χ0) is 18.0. The Morgan fingerprint density at radius 2 is 1.92 bits per heavy atom. The smallest absolute Gasteiger partial charge is 0.291 e. The zero-order valence-corrected chi connectivity index (χ0v) is 15.8. The van der Waals surface area contributed by atoms with Crippen LogP contribution in [0.3, 0.4) is 0 Å². The van der Waals surface area contributed by atoms with E-state index in [1.807, 2.05) is 20.9 Å². The molecule has 2 fully saturated rings. The van der Waals surface area contributed by atoms with Crippen LogP contribution >= 0.6 is 0 Å². The van der Waals surface area contributed by atoms with Gasteiger partial charge in [-0.1, -0.05) is 19.3 Å². The summed E-state index contributed by atoms with van der Waals surface area (Å²) in [7, 11) is 1.88. The van der Waals surface area contributed by atoms with Crippen molar-refractivity contribution in [3.8, 4) is 0 Å². The van der Waals surface area contributed by atoms with Crippen molar-refractivity contribution in [1.82, 2.24) is 14.9 Å². The normalized spacial score (nSPS) is 21.6. The van der Waals surface area contributed by atoms with E-state index in [-0.39, 0.29) is 11.9 Å². The predicted octanol–water partition coefficient (Wildman–Crippen LogP) is 2.28. The van der Waals surface area contributed by atoms with E-state index in [1.54, 1.807) is 4.90 Å². The number of amides is 1. The van der Waals surface area contributed by atoms with Crippen molar-refractivity contribution in [2.24, 2.45) is 11.7 Å². The van der Waals surface area contributed by atoms with Gasteiger partial charge in [0.1, 0.15) is 5.82 Å². The highest BCUT2D eigenvalue weighted by atomic mass is 16.2. The van der Waals surface area contributed by atoms with Crippen LogP contribution in [0.1, 0.15) is 60.4 Å². The number of carbonyl (C=O) groups is 1. The molecule has 0 radical (unpaired) electrons. The first-order valence-electron chi connectivity index (χ1n) is 9.57. The molecule has 138 valence electrons. The van der Waals surface area contributed by atoms with Gasteiger partial charge in [0.2, 0.25) is 5.82 Å². The fourth-order valence-corrected chi connectivity index (χ4v) is 4.01. The van der Waals surface area contributed by atoms with Crippen LogP contribution in [0.15, 0.2) is 0 Å². The highest BCUT2D eigenvalue weighted by Crippen LogP contribution is 2.26. The Bertz CT molecular complexity index is 626. The second-order valence-corrected chi connectivity index (χ2v) is 7.77. The van der Waals surface area contributed by atoms with E-state index < -0.39 is 0 Å². The van der Waals surface area contributed by atoms with Crippen LogP contribution < -0.4 is 10.6 Å². The van der Waals surface area contributed by atoms with E-state index in [4.69, 9.17) is 5.73 Å². The first-order valence-corrected chi connectivity index (χ1v) is 9.57. The average molecular weight is 345 g/mol. The van der Waals surface area contributed by atoms with Crippen molar-refractivity contribution in [2.75, 3.05) is 31.6 Å². The zero-order valence-electron chi connectivity index (χ0n) is 15.8. The van der Waals surface area contributed by atoms with Crippen LogP contribution in [-0.4, -0.2) is 53.5 Å². The summed E-state index contributed by atoms with van der Waals surface area (Å²) in [4.78, 5) is 26.0. The number of nitrogens with zero attached hydrogens (tertiary/aromatic N) is 4. The third kappa shape index (κ3) is 4.11. The van der Waals surface area contributed by atoms with Gasteiger partial charge in [0.05, 0.1) is 0 Å². The lowest BCUT2D eigenvalue weighted by molar-refractivity contribution is 0.0748. The summed E-state index contributed by atoms with van der Waals surface area (Å²) in [5.74, 6) is 1.73. The first-order chi connectivity index (χ1) is 12.0. The van der Waals surface area contributed by atoms with Gasteiger partial charge in [-0.3, -0.25) is 4.79 Å². The Labute approximate surface area is 150 Å². The molecule has 2 aliphatic rings. The lowest BCUT2D eigenvalue weighted by atomic mass is 9.89. The van der Waals surface area contributed by atoms with Crippen LogP contribution in [-0.2, 0) is 0 Å². The van der Waals surface area contributed by atoms with Crippen molar-refractivity contribution in [3.05, 3.63) is 17.1 Å². The maximum absolute atomic E-state index is 12.9. The standard InChI is InChI=1S/C19H31N5O/c1-13-14(2)21-17(22-18(13)24-10-9-16(20)12-24)19(25)23(3)11-15-7-5-4-6-8-15/h15-16H,4-12,20H2,1-3H3/t16-/m1/s1. The molecule has 0 spiro atoms. The van der Waals surface area contributed by atoms with Gasteiger partial charge in [-0.15, -0.1) is 0 Å². The molecule has 1 amide bonds. The quantitative estimate of drug-likeness (QED) is 0.906. The van der Waals surface area contributed by atoms with Gasteiger partial charge in [0.15, 0.2) is 0 Å². The fourth-order valence-electron chi connectivity index (χ4n) is 4.01. The molecule has 2 heterocycles. The second-order valence-electron chi connectivity index (χ2n) is 7.77. The number of aryl methyl sites for hydroxylation is 1. The molecule has 1 aromatic heterocycles. The monoisotopic (exact) mass is 345 g/mol. The van der Waals surface area contributed by atoms with Crippen molar-refractivity contribution >= 4 is 11.7 Å². The summed E-state index contributed by atoms with van der Waals surface area (Å²) in [5.41, 5.74) is 7.96. The van der Waals surface area contributed by atoms with Crippen molar-refractivity contribution < 1.29 is 4.79 Å². The summed E-state index contributed by atoms with van der Waals surface area (Å²) in [5, 5.41) is 0. The number of carbonyl (C=O) groups excluding carboxylic acids is 1. The lowest BCUT2D eigenvalue weighted by Gasteiger charge is -2.27. The van der Waals surface area contributed by atoms with Gasteiger partial charge >= 0.3 is 0 Å². The molecule has 1 atom stereocenters. The van der Waals surface area contributed by atoms with Crippen molar-refractivity contribution in [1.29, 1.82) is 0 Å². The molecule has 1 saturated carbocycles. The molecule has 6 nitrogen and oxygen atoms in total. The van der Waals surface area contributed by atoms with Gasteiger partial charge in [-0.05, 0) is 39.0 Å². The van der Waals surface area contributed by atoms with Gasteiger partial charge in [-0.2, -0.15) is 0 Å². The number of rotatable bonds is 4. The highest BCUT2D eigenvalue weighted by molar-refractivity contribution is 5.90. The minimum absolute atomic E-state index is 0.0709. The van der Waals surface area contributed by atoms with Crippen LogP contribution in [0.4, 0.5) is 5.82 Å². The third-order valence-electron chi connectivity index (χ3n) is 5.68. The number of aromatic nitrogens is 2. The van der Waals surface area contributed by atoms with Gasteiger partial charge in [0, 0.05) is 44.0 Å². The number of hydrogen-bond acceptors (Lipinski definition) is 5. The molecule has 0 aromatic carbocycles. The minimum Gasteiger partial charge on any atom is -0.355 e. The molecule has 0 unspecified atom stereocenters. The van der Waals surface area contributed by atoms with E-state index in [9.17, 15) is 4.79 Å². The number of nitrogens with two attached hydrogens (primary N) is 1. The Kier molecular flexibility index (Phi) is 5.57. The van der Waals surface area contributed by atoms with Crippen molar-refractivity contribution in [2.45, 2.75) is 58.4 Å². The Balaban J connectivity index is 1.76. The molecule has 6 heteroatoms. The maximum Gasteiger partial charge on any atom is 0.291 e. The summed E-state index contributed by atoms with van der Waals surface area (Å²) >= 11 is 0. The molecule has 0 bridgehead atoms. The first kappa shape index (κ1) is 18.1. The molecule has 1 saturated heterocycles. The fraction of sp³-hybridized carbons (Fsp3) is 0.737. The topological polar surface area (TPSA) is 75.4 Å². The van der Waals surface area contributed by atoms with Crippen LogP contribution in [0.2, 0.25) is 0 Å². The number of anilines is 1. The molecule has 1 aromatic rings. The SMILES string of the molecule is Cc1nc(C(=O)N(C)CC2CCCCC2)nc(N2CC[C@@H](N)C2)c1C. The average Bonchev–Trinajstić information content (AvgIpc) is 3.03. The van der Waals surface area contributed by atoms with E-state index in [2.05, 4.69) is 14.9 Å². The maximum atomic E-state index is 12.9. The predicted molar refractivity (Wildman–Crippen MR) is 99.8 cm³/mol. The van der Waals surface area contributed by atoms with Crippen LogP contribution in [0, 0.1) is 19.8 Å². The molecular weight excluding hydrogens is 314 g/mol. The van der Waals surface area contributed by atoms with E-state index in [0.717, 1.165) is 43.1 Å².